The molecule has 27 heavy (non-hydrogen) atoms. The molecule has 12 heteroatoms. The smallest absolute Gasteiger partial charge is 0.324 e. The molecule has 0 aliphatic rings. The number of nitrogens with one attached hydrogen (secondary N) is 2. The zero-order valence-electron chi connectivity index (χ0n) is 15.0. The van der Waals surface area contributed by atoms with Gasteiger partial charge in [0.1, 0.15) is 6.79 Å². The highest BCUT2D eigenvalue weighted by Gasteiger charge is 2.25. The molecule has 0 bridgehead atoms. The first-order valence-corrected chi connectivity index (χ1v) is 8.88. The van der Waals surface area contributed by atoms with Crippen molar-refractivity contribution in [2.24, 2.45) is 5.92 Å². The van der Waals surface area contributed by atoms with Crippen LogP contribution in [0.4, 0.5) is 5.00 Å². The third-order valence-electron chi connectivity index (χ3n) is 3.44. The van der Waals surface area contributed by atoms with E-state index < -0.39 is 28.7 Å². The van der Waals surface area contributed by atoms with Gasteiger partial charge in [-0.1, -0.05) is 11.3 Å². The summed E-state index contributed by atoms with van der Waals surface area (Å²) in [5.74, 6) is -1.93. The van der Waals surface area contributed by atoms with E-state index >= 15 is 0 Å². The number of nitrogens with zero attached hydrogens (tertiary/aromatic N) is 1. The number of hydrogen-bond acceptors (Lipinski definition) is 9. The molecule has 1 aromatic rings. The Balaban J connectivity index is 2.80. The van der Waals surface area contributed by atoms with Crippen molar-refractivity contribution in [2.75, 3.05) is 33.7 Å². The van der Waals surface area contributed by atoms with Crippen LogP contribution in [-0.4, -0.2) is 61.7 Å². The fourth-order valence-corrected chi connectivity index (χ4v) is 2.92. The fourth-order valence-electron chi connectivity index (χ4n) is 2.19. The normalized spacial score (nSPS) is 13.0. The van der Waals surface area contributed by atoms with E-state index in [0.717, 1.165) is 11.3 Å². The van der Waals surface area contributed by atoms with Gasteiger partial charge in [-0.2, -0.15) is 0 Å². The molecule has 0 aliphatic carbocycles. The Morgan fingerprint density at radius 2 is 2.07 bits per heavy atom. The Kier molecular flexibility index (Phi) is 10.4. The molecule has 0 saturated heterocycles. The van der Waals surface area contributed by atoms with Crippen LogP contribution in [0, 0.1) is 16.0 Å². The molecule has 3 N–H and O–H groups in total. The van der Waals surface area contributed by atoms with Crippen molar-refractivity contribution in [3.63, 3.8) is 0 Å². The van der Waals surface area contributed by atoms with E-state index in [4.69, 9.17) is 19.4 Å². The van der Waals surface area contributed by atoms with Crippen LogP contribution in [0.1, 0.15) is 23.0 Å². The molecule has 0 aliphatic heterocycles. The number of amides is 2. The standard InChI is InChI=1S/C15H23N3O8S/c1-3-25-9-26-8-11(6-10(7-24-2)14(19)17-21)16-15(20)12-4-5-13(27-12)18(22)23/h4-5,10-11,21H,3,6-9H2,1-2H3,(H,16,20)(H,17,19). The summed E-state index contributed by atoms with van der Waals surface area (Å²) in [6.45, 7) is 2.32. The second kappa shape index (κ2) is 12.3. The van der Waals surface area contributed by atoms with E-state index in [1.165, 1.54) is 19.2 Å². The number of ether oxygens (including phenoxy) is 3. The van der Waals surface area contributed by atoms with Crippen molar-refractivity contribution in [3.05, 3.63) is 27.1 Å². The van der Waals surface area contributed by atoms with Gasteiger partial charge in [-0.25, -0.2) is 5.48 Å². The van der Waals surface area contributed by atoms with Crippen LogP contribution >= 0.6 is 11.3 Å². The first-order chi connectivity index (χ1) is 12.9. The zero-order chi connectivity index (χ0) is 20.2. The van der Waals surface area contributed by atoms with Gasteiger partial charge >= 0.3 is 5.00 Å². The van der Waals surface area contributed by atoms with E-state index in [2.05, 4.69) is 5.32 Å². The summed E-state index contributed by atoms with van der Waals surface area (Å²) in [5.41, 5.74) is 1.56. The number of methoxy groups -OCH3 is 1. The molecule has 11 nitrogen and oxygen atoms in total. The topological polar surface area (TPSA) is 149 Å². The lowest BCUT2D eigenvalue weighted by Crippen LogP contribution is -2.43. The van der Waals surface area contributed by atoms with E-state index in [9.17, 15) is 19.7 Å². The minimum absolute atomic E-state index is 0.00842. The second-order valence-corrected chi connectivity index (χ2v) is 6.47. The van der Waals surface area contributed by atoms with Gasteiger partial charge in [0.15, 0.2) is 0 Å². The van der Waals surface area contributed by atoms with Gasteiger partial charge in [-0.05, 0) is 19.4 Å². The summed E-state index contributed by atoms with van der Waals surface area (Å²) in [5, 5.41) is 22.1. The van der Waals surface area contributed by atoms with Crippen molar-refractivity contribution in [1.82, 2.24) is 10.8 Å². The van der Waals surface area contributed by atoms with Gasteiger partial charge < -0.3 is 19.5 Å². The van der Waals surface area contributed by atoms with Crippen LogP contribution in [0.5, 0.6) is 0 Å². The number of nitro groups is 1. The molecule has 2 atom stereocenters. The van der Waals surface area contributed by atoms with Crippen LogP contribution in [0.2, 0.25) is 0 Å². The van der Waals surface area contributed by atoms with E-state index in [0.29, 0.717) is 6.61 Å². The predicted molar refractivity (Wildman–Crippen MR) is 94.6 cm³/mol. The SMILES string of the molecule is CCOCOCC(CC(COC)C(=O)NO)NC(=O)c1ccc([N+](=O)[O-])s1. The maximum absolute atomic E-state index is 12.4. The molecule has 0 saturated carbocycles. The van der Waals surface area contributed by atoms with E-state index in [1.54, 1.807) is 12.4 Å². The van der Waals surface area contributed by atoms with Gasteiger partial charge in [0.25, 0.3) is 5.91 Å². The number of hydroxylamine groups is 1. The third-order valence-corrected chi connectivity index (χ3v) is 4.47. The highest BCUT2D eigenvalue weighted by Crippen LogP contribution is 2.24. The summed E-state index contributed by atoms with van der Waals surface area (Å²) in [4.78, 5) is 34.5. The molecular formula is C15H23N3O8S. The monoisotopic (exact) mass is 405 g/mol. The Morgan fingerprint density at radius 1 is 1.33 bits per heavy atom. The van der Waals surface area contributed by atoms with Crippen molar-refractivity contribution in [1.29, 1.82) is 0 Å². The highest BCUT2D eigenvalue weighted by molar-refractivity contribution is 7.17. The van der Waals surface area contributed by atoms with Crippen LogP contribution in [0.3, 0.4) is 0 Å². The molecule has 2 unspecified atom stereocenters. The third kappa shape index (κ3) is 7.97. The van der Waals surface area contributed by atoms with E-state index in [1.807, 2.05) is 0 Å². The van der Waals surface area contributed by atoms with Crippen molar-refractivity contribution in [3.8, 4) is 0 Å². The summed E-state index contributed by atoms with van der Waals surface area (Å²) in [6, 6.07) is 1.98. The minimum atomic E-state index is -0.737. The largest absolute Gasteiger partial charge is 0.384 e. The maximum atomic E-state index is 12.4. The molecule has 2 amide bonds. The number of rotatable bonds is 13. The van der Waals surface area contributed by atoms with Crippen LogP contribution in [0.15, 0.2) is 12.1 Å². The average molecular weight is 405 g/mol. The Bertz CT molecular complexity index is 624. The molecule has 1 rings (SSSR count). The highest BCUT2D eigenvalue weighted by atomic mass is 32.1. The molecule has 0 spiro atoms. The summed E-state index contributed by atoms with van der Waals surface area (Å²) >= 11 is 0.742. The Hall–Kier alpha value is -2.12. The Morgan fingerprint density at radius 3 is 2.63 bits per heavy atom. The Labute approximate surface area is 159 Å². The fraction of sp³-hybridized carbons (Fsp3) is 0.600. The molecule has 0 radical (unpaired) electrons. The molecule has 152 valence electrons. The van der Waals surface area contributed by atoms with Gasteiger partial charge in [0.05, 0.1) is 35.0 Å². The number of hydrogen-bond donors (Lipinski definition) is 3. The molecule has 0 fully saturated rings. The van der Waals surface area contributed by atoms with Gasteiger partial charge in [0.2, 0.25) is 5.91 Å². The van der Waals surface area contributed by atoms with Crippen molar-refractivity contribution >= 4 is 28.2 Å². The lowest BCUT2D eigenvalue weighted by atomic mass is 10.00. The van der Waals surface area contributed by atoms with Crippen molar-refractivity contribution in [2.45, 2.75) is 19.4 Å². The maximum Gasteiger partial charge on any atom is 0.324 e. The second-order valence-electron chi connectivity index (χ2n) is 5.41. The minimum Gasteiger partial charge on any atom is -0.384 e. The van der Waals surface area contributed by atoms with Crippen LogP contribution in [-0.2, 0) is 19.0 Å². The molecule has 1 aromatic heterocycles. The van der Waals surface area contributed by atoms with Gasteiger partial charge in [0, 0.05) is 19.8 Å². The first-order valence-electron chi connectivity index (χ1n) is 8.06. The summed E-state index contributed by atoms with van der Waals surface area (Å²) in [6.07, 6.45) is 0.117. The van der Waals surface area contributed by atoms with Gasteiger partial charge in [-0.3, -0.25) is 24.9 Å². The van der Waals surface area contributed by atoms with Gasteiger partial charge in [-0.15, -0.1) is 0 Å². The molecule has 0 aromatic carbocycles. The van der Waals surface area contributed by atoms with Crippen LogP contribution in [0.25, 0.3) is 0 Å². The summed E-state index contributed by atoms with van der Waals surface area (Å²) < 4.78 is 15.4. The molecule has 1 heterocycles. The lowest BCUT2D eigenvalue weighted by Gasteiger charge is -2.23. The van der Waals surface area contributed by atoms with Crippen LogP contribution < -0.4 is 10.8 Å². The summed E-state index contributed by atoms with van der Waals surface area (Å²) in [7, 11) is 1.40. The lowest BCUT2D eigenvalue weighted by molar-refractivity contribution is -0.380. The first kappa shape index (κ1) is 22.9. The van der Waals surface area contributed by atoms with Crippen molar-refractivity contribution < 1.29 is 33.9 Å². The quantitative estimate of drug-likeness (QED) is 0.144. The average Bonchev–Trinajstić information content (AvgIpc) is 3.14. The predicted octanol–water partition coefficient (Wildman–Crippen LogP) is 0.923. The van der Waals surface area contributed by atoms with E-state index in [-0.39, 0.29) is 36.3 Å². The zero-order valence-corrected chi connectivity index (χ0v) is 15.8. The molecular weight excluding hydrogens is 382 g/mol. The number of carbonyl (C=O) groups excluding carboxylic acids is 2. The number of carbonyl (C=O) groups is 2. The number of thiophene rings is 1.